The number of hydrogen-bond donors (Lipinski definition) is 2. The van der Waals surface area contributed by atoms with E-state index in [0.29, 0.717) is 18.8 Å². The minimum absolute atomic E-state index is 0.0261. The summed E-state index contributed by atoms with van der Waals surface area (Å²) in [5, 5.41) is 10.7. The van der Waals surface area contributed by atoms with Crippen LogP contribution in [0, 0.1) is 5.82 Å². The smallest absolute Gasteiger partial charge is 0.250 e. The van der Waals surface area contributed by atoms with Gasteiger partial charge in [0.2, 0.25) is 11.9 Å². The van der Waals surface area contributed by atoms with Crippen molar-refractivity contribution in [2.75, 3.05) is 17.7 Å². The third kappa shape index (κ3) is 4.12. The van der Waals surface area contributed by atoms with Crippen LogP contribution in [0.25, 0.3) is 0 Å². The molecule has 3 aromatic rings. The van der Waals surface area contributed by atoms with Crippen molar-refractivity contribution in [1.29, 1.82) is 0 Å². The van der Waals surface area contributed by atoms with Gasteiger partial charge in [0.1, 0.15) is 11.6 Å². The molecule has 1 amide bonds. The van der Waals surface area contributed by atoms with Gasteiger partial charge in [-0.05, 0) is 48.2 Å². The highest BCUT2D eigenvalue weighted by molar-refractivity contribution is 5.88. The van der Waals surface area contributed by atoms with Crippen LogP contribution in [0.2, 0.25) is 0 Å². The van der Waals surface area contributed by atoms with Crippen molar-refractivity contribution in [2.24, 2.45) is 0 Å². The van der Waals surface area contributed by atoms with Gasteiger partial charge in [0.15, 0.2) is 0 Å². The zero-order valence-electron chi connectivity index (χ0n) is 16.9. The van der Waals surface area contributed by atoms with Crippen LogP contribution >= 0.6 is 0 Å². The van der Waals surface area contributed by atoms with Crippen LogP contribution in [-0.2, 0) is 4.79 Å². The number of carbonyl (C=O) groups is 1. The topological polar surface area (TPSA) is 81.1 Å². The number of nitrogens with zero attached hydrogens (tertiary/aromatic N) is 3. The summed E-state index contributed by atoms with van der Waals surface area (Å²) < 4.78 is 20.5. The van der Waals surface area contributed by atoms with Crippen molar-refractivity contribution in [3.05, 3.63) is 65.5 Å². The van der Waals surface area contributed by atoms with Crippen molar-refractivity contribution in [3.8, 4) is 5.75 Å². The van der Waals surface area contributed by atoms with Crippen molar-refractivity contribution in [1.82, 2.24) is 14.8 Å². The molecule has 2 heterocycles. The number of carbonyl (C=O) groups excluding carboxylic acids is 1. The molecule has 2 atom stereocenters. The Morgan fingerprint density at radius 3 is 2.57 bits per heavy atom. The van der Waals surface area contributed by atoms with Crippen LogP contribution in [0.15, 0.2) is 48.5 Å². The number of ether oxygens (including phenoxy) is 1. The molecule has 0 saturated carbocycles. The lowest BCUT2D eigenvalue weighted by atomic mass is 9.93. The lowest BCUT2D eigenvalue weighted by Gasteiger charge is -2.31. The standard InChI is InChI=1S/C22H24FN5O2/c1-3-4-20(29)25-21-26-22-24-18(14-7-11-17(30-2)12-8-14)13-19(28(22)27-21)15-5-9-16(23)10-6-15/h5-12,18-19H,3-4,13H2,1-2H3,(H2,24,25,26,27,29)/t18-,19-/m0/s1. The van der Waals surface area contributed by atoms with Gasteiger partial charge in [-0.25, -0.2) is 9.07 Å². The van der Waals surface area contributed by atoms with Gasteiger partial charge in [-0.3, -0.25) is 10.1 Å². The Kier molecular flexibility index (Phi) is 5.65. The average Bonchev–Trinajstić information content (AvgIpc) is 3.16. The Hall–Kier alpha value is -3.42. The van der Waals surface area contributed by atoms with Gasteiger partial charge in [0.25, 0.3) is 5.95 Å². The maximum Gasteiger partial charge on any atom is 0.250 e. The molecule has 1 aliphatic rings. The van der Waals surface area contributed by atoms with E-state index < -0.39 is 0 Å². The van der Waals surface area contributed by atoms with Crippen LogP contribution in [0.3, 0.4) is 0 Å². The van der Waals surface area contributed by atoms with Crippen molar-refractivity contribution in [3.63, 3.8) is 0 Å². The number of rotatable bonds is 6. The molecule has 0 bridgehead atoms. The number of anilines is 2. The average molecular weight is 409 g/mol. The lowest BCUT2D eigenvalue weighted by molar-refractivity contribution is -0.116. The van der Waals surface area contributed by atoms with Crippen molar-refractivity contribution in [2.45, 2.75) is 38.3 Å². The Morgan fingerprint density at radius 1 is 1.20 bits per heavy atom. The fourth-order valence-electron chi connectivity index (χ4n) is 3.66. The monoisotopic (exact) mass is 409 g/mol. The largest absolute Gasteiger partial charge is 0.497 e. The maximum atomic E-state index is 13.5. The molecule has 0 unspecified atom stereocenters. The molecule has 8 heteroatoms. The van der Waals surface area contributed by atoms with E-state index in [1.54, 1.807) is 23.9 Å². The number of nitrogens with one attached hydrogen (secondary N) is 2. The first-order valence-electron chi connectivity index (χ1n) is 9.99. The highest BCUT2D eigenvalue weighted by Crippen LogP contribution is 2.38. The Labute approximate surface area is 174 Å². The molecule has 1 aliphatic heterocycles. The minimum atomic E-state index is -0.286. The van der Waals surface area contributed by atoms with Gasteiger partial charge >= 0.3 is 0 Å². The van der Waals surface area contributed by atoms with Crippen LogP contribution < -0.4 is 15.4 Å². The van der Waals surface area contributed by atoms with Crippen LogP contribution in [-0.4, -0.2) is 27.8 Å². The molecular weight excluding hydrogens is 385 g/mol. The summed E-state index contributed by atoms with van der Waals surface area (Å²) in [6.45, 7) is 1.94. The number of fused-ring (bicyclic) bond motifs is 1. The summed E-state index contributed by atoms with van der Waals surface area (Å²) in [4.78, 5) is 16.5. The summed E-state index contributed by atoms with van der Waals surface area (Å²) >= 11 is 0. The number of hydrogen-bond acceptors (Lipinski definition) is 5. The number of aromatic nitrogens is 3. The van der Waals surface area contributed by atoms with Crippen LogP contribution in [0.1, 0.15) is 49.4 Å². The van der Waals surface area contributed by atoms with Gasteiger partial charge in [-0.15, -0.1) is 5.10 Å². The molecule has 30 heavy (non-hydrogen) atoms. The first kappa shape index (κ1) is 19.9. The predicted molar refractivity (Wildman–Crippen MR) is 112 cm³/mol. The summed E-state index contributed by atoms with van der Waals surface area (Å²) in [6, 6.07) is 14.1. The second-order valence-corrected chi connectivity index (χ2v) is 7.27. The first-order valence-corrected chi connectivity index (χ1v) is 9.99. The van der Waals surface area contributed by atoms with Crippen LogP contribution in [0.5, 0.6) is 5.75 Å². The number of halogens is 1. The zero-order valence-corrected chi connectivity index (χ0v) is 16.9. The SMILES string of the molecule is CCCC(=O)Nc1nc2n(n1)[C@H](c1ccc(F)cc1)C[C@@H](c1ccc(OC)cc1)N2. The zero-order chi connectivity index (χ0) is 21.1. The molecule has 4 rings (SSSR count). The van der Waals surface area contributed by atoms with E-state index >= 15 is 0 Å². The summed E-state index contributed by atoms with van der Waals surface area (Å²) in [5.74, 6) is 1.20. The fraction of sp³-hybridized carbons (Fsp3) is 0.318. The van der Waals surface area contributed by atoms with Gasteiger partial charge in [-0.1, -0.05) is 31.2 Å². The molecule has 1 aromatic heterocycles. The van der Waals surface area contributed by atoms with E-state index in [2.05, 4.69) is 20.7 Å². The van der Waals surface area contributed by atoms with Crippen molar-refractivity contribution < 1.29 is 13.9 Å². The van der Waals surface area contributed by atoms with E-state index in [-0.39, 0.29) is 29.8 Å². The number of methoxy groups -OCH3 is 1. The van der Waals surface area contributed by atoms with Gasteiger partial charge < -0.3 is 10.1 Å². The van der Waals surface area contributed by atoms with E-state index in [4.69, 9.17) is 4.74 Å². The quantitative estimate of drug-likeness (QED) is 0.634. The predicted octanol–water partition coefficient (Wildman–Crippen LogP) is 4.31. The summed E-state index contributed by atoms with van der Waals surface area (Å²) in [6.07, 6.45) is 1.85. The lowest BCUT2D eigenvalue weighted by Crippen LogP contribution is -2.28. The number of benzene rings is 2. The molecule has 0 fully saturated rings. The molecular formula is C22H24FN5O2. The van der Waals surface area contributed by atoms with E-state index in [9.17, 15) is 9.18 Å². The molecule has 0 radical (unpaired) electrons. The summed E-state index contributed by atoms with van der Waals surface area (Å²) in [5.41, 5.74) is 2.00. The van der Waals surface area contributed by atoms with Gasteiger partial charge in [-0.2, -0.15) is 4.98 Å². The molecule has 0 saturated heterocycles. The van der Waals surface area contributed by atoms with Gasteiger partial charge in [0, 0.05) is 6.42 Å². The Morgan fingerprint density at radius 2 is 1.90 bits per heavy atom. The molecule has 0 aliphatic carbocycles. The molecule has 0 spiro atoms. The highest BCUT2D eigenvalue weighted by Gasteiger charge is 2.31. The molecule has 156 valence electrons. The normalized spacial score (nSPS) is 17.7. The van der Waals surface area contributed by atoms with E-state index in [1.807, 2.05) is 31.2 Å². The first-order chi connectivity index (χ1) is 14.6. The minimum Gasteiger partial charge on any atom is -0.497 e. The third-order valence-corrected chi connectivity index (χ3v) is 5.19. The molecule has 7 nitrogen and oxygen atoms in total. The third-order valence-electron chi connectivity index (χ3n) is 5.19. The molecule has 2 N–H and O–H groups in total. The van der Waals surface area contributed by atoms with Crippen LogP contribution in [0.4, 0.5) is 16.3 Å². The highest BCUT2D eigenvalue weighted by atomic mass is 19.1. The maximum absolute atomic E-state index is 13.5. The van der Waals surface area contributed by atoms with Crippen molar-refractivity contribution >= 4 is 17.8 Å². The number of amides is 1. The summed E-state index contributed by atoms with van der Waals surface area (Å²) in [7, 11) is 1.63. The van der Waals surface area contributed by atoms with Gasteiger partial charge in [0.05, 0.1) is 19.2 Å². The van der Waals surface area contributed by atoms with E-state index in [1.165, 1.54) is 12.1 Å². The van der Waals surface area contributed by atoms with E-state index in [0.717, 1.165) is 23.3 Å². The Balaban J connectivity index is 1.68. The second-order valence-electron chi connectivity index (χ2n) is 7.27. The second kappa shape index (κ2) is 8.52. The Bertz CT molecular complexity index is 1020. The fourth-order valence-corrected chi connectivity index (χ4v) is 3.66. The molecule has 2 aromatic carbocycles.